The highest BCUT2D eigenvalue weighted by Crippen LogP contribution is 2.23. The first-order chi connectivity index (χ1) is 8.27. The van der Waals surface area contributed by atoms with Crippen LogP contribution in [0.15, 0.2) is 60.7 Å². The van der Waals surface area contributed by atoms with Crippen molar-refractivity contribution in [1.82, 2.24) is 4.42 Å². The third-order valence-electron chi connectivity index (χ3n) is 2.88. The molecule has 0 aliphatic rings. The summed E-state index contributed by atoms with van der Waals surface area (Å²) in [5, 5.41) is 0. The number of halogens is 1. The second kappa shape index (κ2) is 5.85. The van der Waals surface area contributed by atoms with E-state index in [2.05, 4.69) is 31.2 Å². The Labute approximate surface area is 108 Å². The van der Waals surface area contributed by atoms with E-state index in [1.807, 2.05) is 40.8 Å². The van der Waals surface area contributed by atoms with Gasteiger partial charge in [0.1, 0.15) is 0 Å². The highest BCUT2D eigenvalue weighted by atomic mass is 35.5. The normalized spacial score (nSPS) is 12.6. The van der Waals surface area contributed by atoms with Crippen LogP contribution in [0.4, 0.5) is 0 Å². The molecule has 2 aromatic rings. The molecule has 2 rings (SSSR count). The first-order valence-electron chi connectivity index (χ1n) is 5.78. The third kappa shape index (κ3) is 3.32. The molecule has 17 heavy (non-hydrogen) atoms. The number of hydrogen-bond donors (Lipinski definition) is 0. The van der Waals surface area contributed by atoms with Crippen molar-refractivity contribution in [2.45, 2.75) is 19.5 Å². The lowest BCUT2D eigenvalue weighted by atomic mass is 10.1. The molecule has 0 saturated heterocycles. The molecule has 0 radical (unpaired) electrons. The number of rotatable bonds is 4. The predicted molar refractivity (Wildman–Crippen MR) is 72.7 cm³/mol. The Hall–Kier alpha value is -1.31. The first kappa shape index (κ1) is 12.2. The summed E-state index contributed by atoms with van der Waals surface area (Å²) in [6.07, 6.45) is 0. The van der Waals surface area contributed by atoms with Crippen LogP contribution in [0.3, 0.4) is 0 Å². The van der Waals surface area contributed by atoms with Gasteiger partial charge in [-0.05, 0) is 29.8 Å². The van der Waals surface area contributed by atoms with E-state index < -0.39 is 0 Å². The lowest BCUT2D eigenvalue weighted by Gasteiger charge is -2.22. The molecule has 1 nitrogen and oxygen atoms in total. The summed E-state index contributed by atoms with van der Waals surface area (Å²) in [5.74, 6) is 0. The van der Waals surface area contributed by atoms with Crippen LogP contribution in [0, 0.1) is 0 Å². The standard InChI is InChI=1S/C15H16ClN/c1-13(15-10-6-3-7-11-15)17(16)12-14-8-4-2-5-9-14/h2-11,13H,12H2,1H3. The molecular weight excluding hydrogens is 230 g/mol. The van der Waals surface area contributed by atoms with Crippen molar-refractivity contribution >= 4 is 11.8 Å². The molecule has 0 aliphatic heterocycles. The lowest BCUT2D eigenvalue weighted by molar-refractivity contribution is 0.362. The highest BCUT2D eigenvalue weighted by molar-refractivity contribution is 6.13. The molecule has 0 saturated carbocycles. The molecule has 0 aliphatic carbocycles. The SMILES string of the molecule is CC(c1ccccc1)N(Cl)Cc1ccccc1. The van der Waals surface area contributed by atoms with Gasteiger partial charge in [0.2, 0.25) is 0 Å². The summed E-state index contributed by atoms with van der Waals surface area (Å²) in [7, 11) is 0. The Bertz CT molecular complexity index is 441. The van der Waals surface area contributed by atoms with Crippen molar-refractivity contribution in [2.75, 3.05) is 0 Å². The quantitative estimate of drug-likeness (QED) is 0.722. The van der Waals surface area contributed by atoms with Crippen molar-refractivity contribution in [3.63, 3.8) is 0 Å². The maximum Gasteiger partial charge on any atom is 0.0476 e. The second-order valence-electron chi connectivity index (χ2n) is 4.13. The zero-order valence-corrected chi connectivity index (χ0v) is 10.6. The van der Waals surface area contributed by atoms with Crippen LogP contribution >= 0.6 is 11.8 Å². The fourth-order valence-corrected chi connectivity index (χ4v) is 2.04. The first-order valence-corrected chi connectivity index (χ1v) is 6.12. The van der Waals surface area contributed by atoms with Crippen LogP contribution in [-0.2, 0) is 6.54 Å². The molecule has 0 spiro atoms. The van der Waals surface area contributed by atoms with E-state index in [0.29, 0.717) is 0 Å². The van der Waals surface area contributed by atoms with Crippen LogP contribution in [0.5, 0.6) is 0 Å². The maximum absolute atomic E-state index is 6.33. The minimum Gasteiger partial charge on any atom is -0.209 e. The predicted octanol–water partition coefficient (Wildman–Crippen LogP) is 4.40. The maximum atomic E-state index is 6.33. The van der Waals surface area contributed by atoms with Crippen LogP contribution in [0.25, 0.3) is 0 Å². The van der Waals surface area contributed by atoms with E-state index in [1.54, 1.807) is 0 Å². The summed E-state index contributed by atoms with van der Waals surface area (Å²) < 4.78 is 1.84. The zero-order chi connectivity index (χ0) is 12.1. The topological polar surface area (TPSA) is 3.24 Å². The van der Waals surface area contributed by atoms with Crippen molar-refractivity contribution in [2.24, 2.45) is 0 Å². The smallest absolute Gasteiger partial charge is 0.0476 e. The molecule has 2 aromatic carbocycles. The summed E-state index contributed by atoms with van der Waals surface area (Å²) in [5.41, 5.74) is 2.46. The van der Waals surface area contributed by atoms with Gasteiger partial charge in [0.05, 0.1) is 0 Å². The second-order valence-corrected chi connectivity index (χ2v) is 4.56. The number of benzene rings is 2. The lowest BCUT2D eigenvalue weighted by Crippen LogP contribution is -2.16. The summed E-state index contributed by atoms with van der Waals surface area (Å²) in [4.78, 5) is 0. The summed E-state index contributed by atoms with van der Waals surface area (Å²) in [6, 6.07) is 20.8. The highest BCUT2D eigenvalue weighted by Gasteiger charge is 2.13. The van der Waals surface area contributed by atoms with Gasteiger partial charge < -0.3 is 0 Å². The van der Waals surface area contributed by atoms with Crippen LogP contribution in [0.2, 0.25) is 0 Å². The minimum absolute atomic E-state index is 0.207. The Morgan fingerprint density at radius 2 is 1.47 bits per heavy atom. The van der Waals surface area contributed by atoms with E-state index in [1.165, 1.54) is 11.1 Å². The van der Waals surface area contributed by atoms with Gasteiger partial charge in [-0.1, -0.05) is 60.7 Å². The van der Waals surface area contributed by atoms with E-state index in [-0.39, 0.29) is 6.04 Å². The molecule has 1 unspecified atom stereocenters. The van der Waals surface area contributed by atoms with E-state index >= 15 is 0 Å². The van der Waals surface area contributed by atoms with Crippen LogP contribution < -0.4 is 0 Å². The fraction of sp³-hybridized carbons (Fsp3) is 0.200. The van der Waals surface area contributed by atoms with Gasteiger partial charge in [0.15, 0.2) is 0 Å². The monoisotopic (exact) mass is 245 g/mol. The van der Waals surface area contributed by atoms with E-state index in [4.69, 9.17) is 11.8 Å². The van der Waals surface area contributed by atoms with Gasteiger partial charge >= 0.3 is 0 Å². The van der Waals surface area contributed by atoms with Crippen molar-refractivity contribution in [3.8, 4) is 0 Å². The molecular formula is C15H16ClN. The van der Waals surface area contributed by atoms with Crippen molar-refractivity contribution in [3.05, 3.63) is 71.8 Å². The van der Waals surface area contributed by atoms with Gasteiger partial charge in [0.25, 0.3) is 0 Å². The average Bonchev–Trinajstić information content (AvgIpc) is 2.40. The summed E-state index contributed by atoms with van der Waals surface area (Å²) in [6.45, 7) is 2.86. The summed E-state index contributed by atoms with van der Waals surface area (Å²) >= 11 is 6.33. The Morgan fingerprint density at radius 3 is 2.06 bits per heavy atom. The van der Waals surface area contributed by atoms with Gasteiger partial charge in [0, 0.05) is 12.6 Å². The largest absolute Gasteiger partial charge is 0.209 e. The minimum atomic E-state index is 0.207. The fourth-order valence-electron chi connectivity index (χ4n) is 1.79. The molecule has 88 valence electrons. The number of hydrogen-bond acceptors (Lipinski definition) is 1. The van der Waals surface area contributed by atoms with Crippen LogP contribution in [0.1, 0.15) is 24.1 Å². The van der Waals surface area contributed by atoms with E-state index in [9.17, 15) is 0 Å². The molecule has 0 aromatic heterocycles. The Kier molecular flexibility index (Phi) is 4.18. The Morgan fingerprint density at radius 1 is 0.941 bits per heavy atom. The van der Waals surface area contributed by atoms with Gasteiger partial charge in [-0.15, -0.1) is 0 Å². The average molecular weight is 246 g/mol. The van der Waals surface area contributed by atoms with Gasteiger partial charge in [-0.2, -0.15) is 0 Å². The number of nitrogens with zero attached hydrogens (tertiary/aromatic N) is 1. The molecule has 0 fully saturated rings. The van der Waals surface area contributed by atoms with E-state index in [0.717, 1.165) is 6.54 Å². The zero-order valence-electron chi connectivity index (χ0n) is 9.88. The van der Waals surface area contributed by atoms with Gasteiger partial charge in [-0.25, -0.2) is 4.42 Å². The molecule has 0 heterocycles. The van der Waals surface area contributed by atoms with Crippen molar-refractivity contribution in [1.29, 1.82) is 0 Å². The molecule has 2 heteroatoms. The third-order valence-corrected chi connectivity index (χ3v) is 3.29. The van der Waals surface area contributed by atoms with Gasteiger partial charge in [-0.3, -0.25) is 0 Å². The molecule has 0 bridgehead atoms. The van der Waals surface area contributed by atoms with Crippen LogP contribution in [-0.4, -0.2) is 4.42 Å². The Balaban J connectivity index is 2.03. The molecule has 1 atom stereocenters. The molecule has 0 N–H and O–H groups in total. The molecule has 0 amide bonds. The van der Waals surface area contributed by atoms with Crippen molar-refractivity contribution < 1.29 is 0 Å².